The molecule has 6 nitrogen and oxygen atoms in total. The number of aromatic amines is 1. The lowest BCUT2D eigenvalue weighted by Crippen LogP contribution is -2.14. The number of pyridine rings is 1. The third kappa shape index (κ3) is 3.55. The Morgan fingerprint density at radius 3 is 2.68 bits per heavy atom. The molecule has 0 atom stereocenters. The van der Waals surface area contributed by atoms with E-state index in [1.165, 1.54) is 6.07 Å². The number of H-pyrrole nitrogens is 1. The van der Waals surface area contributed by atoms with Crippen LogP contribution in [-0.2, 0) is 12.6 Å². The van der Waals surface area contributed by atoms with Gasteiger partial charge in [-0.1, -0.05) is 22.0 Å². The van der Waals surface area contributed by atoms with Gasteiger partial charge in [0.25, 0.3) is 5.56 Å². The predicted octanol–water partition coefficient (Wildman–Crippen LogP) is 3.88. The lowest BCUT2D eigenvalue weighted by atomic mass is 10.1. The summed E-state index contributed by atoms with van der Waals surface area (Å²) < 4.78 is 40.5. The van der Waals surface area contributed by atoms with Crippen molar-refractivity contribution in [1.82, 2.24) is 24.7 Å². The second-order valence-electron chi connectivity index (χ2n) is 6.01. The van der Waals surface area contributed by atoms with Crippen molar-refractivity contribution in [2.45, 2.75) is 12.6 Å². The van der Waals surface area contributed by atoms with Gasteiger partial charge in [0.05, 0.1) is 16.5 Å². The van der Waals surface area contributed by atoms with Crippen LogP contribution in [0.15, 0.2) is 58.2 Å². The van der Waals surface area contributed by atoms with Gasteiger partial charge in [-0.05, 0) is 29.8 Å². The van der Waals surface area contributed by atoms with Gasteiger partial charge in [0.1, 0.15) is 5.82 Å². The summed E-state index contributed by atoms with van der Waals surface area (Å²) in [6.07, 6.45) is 0.735. The largest absolute Gasteiger partial charge is 0.417 e. The van der Waals surface area contributed by atoms with Gasteiger partial charge in [-0.15, -0.1) is 0 Å². The highest BCUT2D eigenvalue weighted by Gasteiger charge is 2.33. The lowest BCUT2D eigenvalue weighted by molar-refractivity contribution is -0.138. The smallest absolute Gasteiger partial charge is 0.310 e. The highest BCUT2D eigenvalue weighted by molar-refractivity contribution is 9.10. The average molecular weight is 450 g/mol. The van der Waals surface area contributed by atoms with Crippen LogP contribution in [0.25, 0.3) is 16.7 Å². The predicted molar refractivity (Wildman–Crippen MR) is 99.2 cm³/mol. The van der Waals surface area contributed by atoms with Crippen molar-refractivity contribution in [2.24, 2.45) is 0 Å². The Balaban J connectivity index is 1.67. The van der Waals surface area contributed by atoms with E-state index in [0.717, 1.165) is 11.6 Å². The molecule has 0 aliphatic heterocycles. The third-order valence-corrected chi connectivity index (χ3v) is 4.72. The Morgan fingerprint density at radius 2 is 2.04 bits per heavy atom. The number of halogens is 4. The Bertz CT molecular complexity index is 1200. The molecule has 0 saturated carbocycles. The van der Waals surface area contributed by atoms with Gasteiger partial charge in [-0.25, -0.2) is 14.6 Å². The maximum atomic E-state index is 13.0. The van der Waals surface area contributed by atoms with Gasteiger partial charge in [-0.3, -0.25) is 4.79 Å². The number of aromatic nitrogens is 5. The van der Waals surface area contributed by atoms with Crippen molar-refractivity contribution in [1.29, 1.82) is 0 Å². The Kier molecular flexibility index (Phi) is 4.50. The summed E-state index contributed by atoms with van der Waals surface area (Å²) in [7, 11) is 0. The van der Waals surface area contributed by atoms with Crippen LogP contribution in [0.3, 0.4) is 0 Å². The van der Waals surface area contributed by atoms with Crippen LogP contribution in [0.2, 0.25) is 0 Å². The van der Waals surface area contributed by atoms with E-state index >= 15 is 0 Å². The maximum Gasteiger partial charge on any atom is 0.417 e. The zero-order chi connectivity index (χ0) is 19.9. The first-order chi connectivity index (χ1) is 13.3. The highest BCUT2D eigenvalue weighted by Crippen LogP contribution is 2.36. The first kappa shape index (κ1) is 18.4. The topological polar surface area (TPSA) is 76.5 Å². The van der Waals surface area contributed by atoms with E-state index in [9.17, 15) is 18.0 Å². The van der Waals surface area contributed by atoms with E-state index in [1.54, 1.807) is 35.4 Å². The van der Waals surface area contributed by atoms with Crippen LogP contribution < -0.4 is 5.56 Å². The quantitative estimate of drug-likeness (QED) is 0.514. The van der Waals surface area contributed by atoms with Crippen molar-refractivity contribution in [3.63, 3.8) is 0 Å². The van der Waals surface area contributed by atoms with E-state index in [0.29, 0.717) is 11.6 Å². The van der Waals surface area contributed by atoms with E-state index in [4.69, 9.17) is 0 Å². The lowest BCUT2D eigenvalue weighted by Gasteiger charge is -2.10. The van der Waals surface area contributed by atoms with Gasteiger partial charge < -0.3 is 4.98 Å². The molecule has 3 heterocycles. The second kappa shape index (κ2) is 6.86. The summed E-state index contributed by atoms with van der Waals surface area (Å²) in [5, 5.41) is 3.97. The third-order valence-electron chi connectivity index (χ3n) is 4.07. The second-order valence-corrected chi connectivity index (χ2v) is 6.87. The number of hydrogen-bond donors (Lipinski definition) is 1. The molecule has 28 heavy (non-hydrogen) atoms. The summed E-state index contributed by atoms with van der Waals surface area (Å²) in [4.78, 5) is 23.4. The van der Waals surface area contributed by atoms with E-state index < -0.39 is 17.3 Å². The summed E-state index contributed by atoms with van der Waals surface area (Å²) in [5.74, 6) is 0.968. The van der Waals surface area contributed by atoms with Crippen molar-refractivity contribution in [2.75, 3.05) is 0 Å². The van der Waals surface area contributed by atoms with Crippen molar-refractivity contribution in [3.05, 3.63) is 80.7 Å². The molecule has 4 aromatic rings. The number of nitrogens with one attached hydrogen (secondary N) is 1. The molecule has 10 heteroatoms. The number of nitrogens with zero attached hydrogens (tertiary/aromatic N) is 4. The zero-order valence-corrected chi connectivity index (χ0v) is 15.6. The zero-order valence-electron chi connectivity index (χ0n) is 14.0. The number of hydrogen-bond acceptors (Lipinski definition) is 4. The fraction of sp³-hybridized carbons (Fsp3) is 0.111. The average Bonchev–Trinajstić information content (AvgIpc) is 3.15. The molecule has 0 aliphatic carbocycles. The number of fused-ring (bicyclic) bond motifs is 1. The van der Waals surface area contributed by atoms with Crippen LogP contribution in [-0.4, -0.2) is 24.7 Å². The molecule has 0 fully saturated rings. The van der Waals surface area contributed by atoms with Crippen molar-refractivity contribution in [3.8, 4) is 5.82 Å². The number of benzene rings is 1. The number of alkyl halides is 3. The first-order valence-electron chi connectivity index (χ1n) is 8.06. The molecule has 0 aliphatic rings. The summed E-state index contributed by atoms with van der Waals surface area (Å²) in [6, 6.07) is 7.37. The molecule has 0 amide bonds. The standard InChI is InChI=1S/C18H11BrF3N5O/c19-13-8-14-11(7-12(13)18(20,21)22)17(28)26-15(25-14)6-10-2-3-16(23-9-10)27-5-1-4-24-27/h1-5,7-9H,6H2,(H,25,26,28). The minimum absolute atomic E-state index is 0.119. The Morgan fingerprint density at radius 1 is 1.21 bits per heavy atom. The van der Waals surface area contributed by atoms with E-state index in [1.807, 2.05) is 6.07 Å². The molecule has 0 bridgehead atoms. The van der Waals surface area contributed by atoms with Gasteiger partial charge in [0.2, 0.25) is 0 Å². The molecule has 0 unspecified atom stereocenters. The Hall–Kier alpha value is -3.01. The maximum absolute atomic E-state index is 13.0. The van der Waals surface area contributed by atoms with Gasteiger partial charge in [0.15, 0.2) is 5.82 Å². The summed E-state index contributed by atoms with van der Waals surface area (Å²) in [6.45, 7) is 0. The van der Waals surface area contributed by atoms with E-state index in [2.05, 4.69) is 36.0 Å². The fourth-order valence-electron chi connectivity index (χ4n) is 2.76. The van der Waals surface area contributed by atoms with Crippen molar-refractivity contribution >= 4 is 26.8 Å². The van der Waals surface area contributed by atoms with Gasteiger partial charge >= 0.3 is 6.18 Å². The van der Waals surface area contributed by atoms with Gasteiger partial charge in [-0.2, -0.15) is 18.3 Å². The summed E-state index contributed by atoms with van der Waals surface area (Å²) >= 11 is 2.91. The normalized spacial score (nSPS) is 11.9. The minimum atomic E-state index is -4.57. The minimum Gasteiger partial charge on any atom is -0.310 e. The molecular formula is C18H11BrF3N5O. The fourth-order valence-corrected chi connectivity index (χ4v) is 3.32. The van der Waals surface area contributed by atoms with Crippen LogP contribution >= 0.6 is 15.9 Å². The van der Waals surface area contributed by atoms with Crippen LogP contribution in [0.4, 0.5) is 13.2 Å². The molecule has 4 rings (SSSR count). The van der Waals surface area contributed by atoms with Gasteiger partial charge in [0, 0.05) is 29.5 Å². The Labute approximate surface area is 164 Å². The summed E-state index contributed by atoms with van der Waals surface area (Å²) in [5.41, 5.74) is -0.582. The first-order valence-corrected chi connectivity index (χ1v) is 8.85. The highest BCUT2D eigenvalue weighted by atomic mass is 79.9. The molecule has 3 aromatic heterocycles. The SMILES string of the molecule is O=c1[nH]c(Cc2ccc(-n3cccn3)nc2)nc2cc(Br)c(C(F)(F)F)cc12. The van der Waals surface area contributed by atoms with Crippen LogP contribution in [0.1, 0.15) is 17.0 Å². The van der Waals surface area contributed by atoms with E-state index in [-0.39, 0.29) is 21.8 Å². The van der Waals surface area contributed by atoms with Crippen molar-refractivity contribution < 1.29 is 13.2 Å². The van der Waals surface area contributed by atoms with Crippen LogP contribution in [0, 0.1) is 0 Å². The van der Waals surface area contributed by atoms with Crippen LogP contribution in [0.5, 0.6) is 0 Å². The number of rotatable bonds is 3. The molecule has 142 valence electrons. The molecule has 0 radical (unpaired) electrons. The molecule has 0 spiro atoms. The molecule has 1 N–H and O–H groups in total. The molecule has 0 saturated heterocycles. The molecular weight excluding hydrogens is 439 g/mol. The monoisotopic (exact) mass is 449 g/mol. The molecule has 1 aromatic carbocycles.